The highest BCUT2D eigenvalue weighted by Gasteiger charge is 2.59. The van der Waals surface area contributed by atoms with Crippen LogP contribution in [0.4, 0.5) is 0 Å². The van der Waals surface area contributed by atoms with Crippen LogP contribution < -0.4 is 0 Å². The van der Waals surface area contributed by atoms with Crippen molar-refractivity contribution in [1.82, 2.24) is 4.57 Å². The van der Waals surface area contributed by atoms with Crippen LogP contribution in [-0.4, -0.2) is 51.5 Å². The summed E-state index contributed by atoms with van der Waals surface area (Å²) in [6.45, 7) is 14.0. The zero-order valence-electron chi connectivity index (χ0n) is 18.0. The maximum atomic E-state index is 12.9. The minimum atomic E-state index is -3.02. The summed E-state index contributed by atoms with van der Waals surface area (Å²) in [6.07, 6.45) is 0.943. The van der Waals surface area contributed by atoms with Crippen molar-refractivity contribution in [3.63, 3.8) is 0 Å². The number of β-lactam (4-membered cyclic amide) rings is 1. The summed E-state index contributed by atoms with van der Waals surface area (Å²) in [5.41, 5.74) is 0.0445. The molecule has 3 atom stereocenters. The first kappa shape index (κ1) is 23.9. The summed E-state index contributed by atoms with van der Waals surface area (Å²) < 4.78 is 1.76. The summed E-state index contributed by atoms with van der Waals surface area (Å²) in [7, 11) is -2.25. The maximum Gasteiger partial charge on any atom is 0.300 e. The van der Waals surface area contributed by atoms with Gasteiger partial charge < -0.3 is 14.8 Å². The molecule has 1 aliphatic heterocycles. The van der Waals surface area contributed by atoms with Crippen LogP contribution in [0, 0.1) is 16.0 Å². The predicted octanol–water partition coefficient (Wildman–Crippen LogP) is 2.66. The number of aliphatic hydroxyl groups is 2. The lowest BCUT2D eigenvalue weighted by Gasteiger charge is -2.58. The van der Waals surface area contributed by atoms with Gasteiger partial charge in [0.2, 0.25) is 11.7 Å². The molecule has 0 spiro atoms. The molecule has 1 amide bonds. The largest absolute Gasteiger partial charge is 0.362 e. The van der Waals surface area contributed by atoms with E-state index in [1.54, 1.807) is 16.7 Å². The van der Waals surface area contributed by atoms with Gasteiger partial charge in [-0.3, -0.25) is 19.7 Å². The molecule has 0 radical (unpaired) electrons. The molecular formula is C21H30N2O6Si. The van der Waals surface area contributed by atoms with Crippen molar-refractivity contribution in [3.05, 3.63) is 58.7 Å². The van der Waals surface area contributed by atoms with E-state index in [-0.39, 0.29) is 16.5 Å². The van der Waals surface area contributed by atoms with E-state index in [1.165, 1.54) is 24.3 Å². The van der Waals surface area contributed by atoms with Gasteiger partial charge in [0.1, 0.15) is 0 Å². The van der Waals surface area contributed by atoms with E-state index in [2.05, 4.69) is 6.58 Å². The van der Waals surface area contributed by atoms with Crippen molar-refractivity contribution in [2.75, 3.05) is 0 Å². The van der Waals surface area contributed by atoms with Gasteiger partial charge in [0.25, 0.3) is 5.78 Å². The standard InChI is InChI=1S/C21H30N2O6Si/c1-7-16-15(19(25)22(16)30(5,6)20(2,3)4)13-21(26,27)18(24)17(23(28)29)14-11-9-8-10-12-14/h7-12,15-17,26-27H,1,13H2,2-6H3. The number of carbonyl (C=O) groups is 2. The fraction of sp³-hybridized carbons (Fsp3) is 0.524. The van der Waals surface area contributed by atoms with Crippen LogP contribution >= 0.6 is 0 Å². The van der Waals surface area contributed by atoms with Gasteiger partial charge in [0.05, 0.1) is 12.0 Å². The van der Waals surface area contributed by atoms with Gasteiger partial charge in [-0.15, -0.1) is 6.58 Å². The topological polar surface area (TPSA) is 121 Å². The Morgan fingerprint density at radius 3 is 2.27 bits per heavy atom. The number of nitro groups is 1. The summed E-state index contributed by atoms with van der Waals surface area (Å²) in [6, 6.07) is 5.04. The lowest BCUT2D eigenvalue weighted by atomic mass is 9.81. The monoisotopic (exact) mass is 434 g/mol. The SMILES string of the molecule is C=CC1C(CC(O)(O)C(=O)C(c2ccccc2)[N+](=O)[O-])C(=O)N1[Si](C)(C)C(C)(C)C. The zero-order valence-corrected chi connectivity index (χ0v) is 19.0. The summed E-state index contributed by atoms with van der Waals surface area (Å²) in [5.74, 6) is -5.54. The lowest BCUT2D eigenvalue weighted by Crippen LogP contribution is -2.73. The first-order valence-electron chi connectivity index (χ1n) is 9.80. The smallest absolute Gasteiger partial charge is 0.300 e. The van der Waals surface area contributed by atoms with Gasteiger partial charge in [-0.05, 0) is 5.04 Å². The average Bonchev–Trinajstić information content (AvgIpc) is 2.63. The van der Waals surface area contributed by atoms with E-state index in [0.717, 1.165) is 0 Å². The predicted molar refractivity (Wildman–Crippen MR) is 114 cm³/mol. The van der Waals surface area contributed by atoms with Crippen LogP contribution in [0.5, 0.6) is 0 Å². The van der Waals surface area contributed by atoms with E-state index in [9.17, 15) is 29.9 Å². The number of ketones is 1. The molecule has 1 aromatic carbocycles. The van der Waals surface area contributed by atoms with E-state index in [1.807, 2.05) is 33.9 Å². The third-order valence-corrected chi connectivity index (χ3v) is 11.8. The molecule has 1 aromatic rings. The van der Waals surface area contributed by atoms with Gasteiger partial charge >= 0.3 is 6.04 Å². The van der Waals surface area contributed by atoms with Crippen molar-refractivity contribution in [2.45, 2.75) is 63.2 Å². The van der Waals surface area contributed by atoms with E-state index < -0.39 is 49.2 Å². The molecule has 8 nitrogen and oxygen atoms in total. The first-order chi connectivity index (χ1) is 13.7. The highest BCUT2D eigenvalue weighted by Crippen LogP contribution is 2.46. The number of Topliss-reactive ketones (excluding diaryl/α,β-unsaturated/α-hetero) is 1. The molecule has 1 saturated heterocycles. The fourth-order valence-corrected chi connectivity index (χ4v) is 6.16. The number of carbonyl (C=O) groups excluding carboxylic acids is 2. The lowest BCUT2D eigenvalue weighted by molar-refractivity contribution is -0.516. The Morgan fingerprint density at radius 2 is 1.83 bits per heavy atom. The Kier molecular flexibility index (Phi) is 6.42. The Balaban J connectivity index is 2.28. The van der Waals surface area contributed by atoms with Crippen molar-refractivity contribution in [2.24, 2.45) is 5.92 Å². The van der Waals surface area contributed by atoms with Gasteiger partial charge in [-0.1, -0.05) is 70.3 Å². The second-order valence-corrected chi connectivity index (χ2v) is 14.4. The second kappa shape index (κ2) is 8.05. The maximum absolute atomic E-state index is 12.9. The molecule has 0 bridgehead atoms. The van der Waals surface area contributed by atoms with Gasteiger partial charge in [-0.2, -0.15) is 0 Å². The molecule has 2 N–H and O–H groups in total. The fourth-order valence-electron chi connectivity index (χ4n) is 3.69. The van der Waals surface area contributed by atoms with Crippen molar-refractivity contribution >= 4 is 19.9 Å². The van der Waals surface area contributed by atoms with Crippen molar-refractivity contribution in [3.8, 4) is 0 Å². The molecule has 30 heavy (non-hydrogen) atoms. The van der Waals surface area contributed by atoms with E-state index in [0.29, 0.717) is 0 Å². The molecular weight excluding hydrogens is 404 g/mol. The zero-order chi connectivity index (χ0) is 23.1. The molecule has 0 aromatic heterocycles. The second-order valence-electron chi connectivity index (χ2n) is 9.33. The minimum absolute atomic E-state index is 0.0445. The third kappa shape index (κ3) is 4.10. The Labute approximate surface area is 177 Å². The van der Waals surface area contributed by atoms with Crippen LogP contribution in [0.25, 0.3) is 0 Å². The Bertz CT molecular complexity index is 847. The van der Waals surface area contributed by atoms with Gasteiger partial charge in [0.15, 0.2) is 8.24 Å². The molecule has 1 fully saturated rings. The number of hydrogen-bond donors (Lipinski definition) is 2. The van der Waals surface area contributed by atoms with Crippen LogP contribution in [-0.2, 0) is 9.59 Å². The molecule has 1 aliphatic rings. The summed E-state index contributed by atoms with van der Waals surface area (Å²) in [5, 5.41) is 32.4. The Morgan fingerprint density at radius 1 is 1.30 bits per heavy atom. The number of hydrogen-bond acceptors (Lipinski definition) is 6. The van der Waals surface area contributed by atoms with E-state index >= 15 is 0 Å². The van der Waals surface area contributed by atoms with Gasteiger partial charge in [0, 0.05) is 16.9 Å². The molecule has 3 unspecified atom stereocenters. The van der Waals surface area contributed by atoms with Gasteiger partial charge in [-0.25, -0.2) is 0 Å². The quantitative estimate of drug-likeness (QED) is 0.162. The normalized spacial score (nSPS) is 21.0. The van der Waals surface area contributed by atoms with E-state index in [4.69, 9.17) is 0 Å². The highest BCUT2D eigenvalue weighted by atomic mass is 28.3. The number of amides is 1. The molecule has 0 saturated carbocycles. The molecule has 0 aliphatic carbocycles. The number of rotatable bonds is 8. The van der Waals surface area contributed by atoms with Crippen molar-refractivity contribution < 1.29 is 24.7 Å². The number of benzene rings is 1. The van der Waals surface area contributed by atoms with Crippen LogP contribution in [0.15, 0.2) is 43.0 Å². The summed E-state index contributed by atoms with van der Waals surface area (Å²) in [4.78, 5) is 36.3. The van der Waals surface area contributed by atoms with Crippen LogP contribution in [0.1, 0.15) is 38.8 Å². The third-order valence-electron chi connectivity index (χ3n) is 6.42. The minimum Gasteiger partial charge on any atom is -0.362 e. The first-order valence-corrected chi connectivity index (χ1v) is 12.7. The molecule has 9 heteroatoms. The molecule has 1 heterocycles. The van der Waals surface area contributed by atoms with Crippen LogP contribution in [0.3, 0.4) is 0 Å². The average molecular weight is 435 g/mol. The highest BCUT2D eigenvalue weighted by molar-refractivity contribution is 6.80. The molecule has 2 rings (SSSR count). The summed E-state index contributed by atoms with van der Waals surface area (Å²) >= 11 is 0. The number of nitrogens with zero attached hydrogens (tertiary/aromatic N) is 2. The molecule has 164 valence electrons. The Hall–Kier alpha value is -2.36. The van der Waals surface area contributed by atoms with Crippen molar-refractivity contribution in [1.29, 1.82) is 0 Å². The van der Waals surface area contributed by atoms with Crippen LogP contribution in [0.2, 0.25) is 18.1 Å².